The van der Waals surface area contributed by atoms with E-state index in [0.717, 1.165) is 19.7 Å². The highest BCUT2D eigenvalue weighted by molar-refractivity contribution is 5.19. The van der Waals surface area contributed by atoms with Crippen molar-refractivity contribution in [2.24, 2.45) is 5.92 Å². The van der Waals surface area contributed by atoms with Crippen molar-refractivity contribution in [3.63, 3.8) is 0 Å². The molecule has 0 aromatic heterocycles. The number of rotatable bonds is 8. The minimum atomic E-state index is 0.348. The van der Waals surface area contributed by atoms with Crippen LogP contribution in [0.1, 0.15) is 38.3 Å². The van der Waals surface area contributed by atoms with Crippen molar-refractivity contribution in [2.75, 3.05) is 33.4 Å². The summed E-state index contributed by atoms with van der Waals surface area (Å²) in [6.45, 7) is 8.74. The lowest BCUT2D eigenvalue weighted by Gasteiger charge is -2.35. The summed E-state index contributed by atoms with van der Waals surface area (Å²) >= 11 is 0. The van der Waals surface area contributed by atoms with Gasteiger partial charge in [-0.05, 0) is 30.9 Å². The van der Waals surface area contributed by atoms with E-state index in [4.69, 9.17) is 4.74 Å². The van der Waals surface area contributed by atoms with Crippen molar-refractivity contribution in [3.8, 4) is 0 Å². The van der Waals surface area contributed by atoms with Gasteiger partial charge in [-0.25, -0.2) is 0 Å². The molecule has 0 bridgehead atoms. The van der Waals surface area contributed by atoms with Crippen molar-refractivity contribution < 1.29 is 4.74 Å². The first kappa shape index (κ1) is 16.5. The van der Waals surface area contributed by atoms with Crippen molar-refractivity contribution in [2.45, 2.75) is 38.8 Å². The fourth-order valence-corrected chi connectivity index (χ4v) is 3.24. The molecular formula is C18H30N2O. The Morgan fingerprint density at radius 2 is 2.05 bits per heavy atom. The smallest absolute Gasteiger partial charge is 0.0659 e. The molecule has 1 aromatic rings. The zero-order valence-corrected chi connectivity index (χ0v) is 13.7. The molecule has 1 aliphatic heterocycles. The quantitative estimate of drug-likeness (QED) is 0.796. The number of nitrogens with one attached hydrogen (secondary N) is 1. The molecule has 0 saturated carbocycles. The van der Waals surface area contributed by atoms with Gasteiger partial charge in [-0.1, -0.05) is 44.2 Å². The maximum absolute atomic E-state index is 5.52. The second kappa shape index (κ2) is 8.52. The SMILES string of the molecule is COCC(c1ccccc1)N(CC(C)C)CC1CCCN1. The van der Waals surface area contributed by atoms with Crippen LogP contribution < -0.4 is 5.32 Å². The zero-order chi connectivity index (χ0) is 15.1. The van der Waals surface area contributed by atoms with Gasteiger partial charge in [0.2, 0.25) is 0 Å². The zero-order valence-electron chi connectivity index (χ0n) is 13.7. The van der Waals surface area contributed by atoms with E-state index in [-0.39, 0.29) is 0 Å². The molecule has 0 aliphatic carbocycles. The van der Waals surface area contributed by atoms with Crippen molar-refractivity contribution in [1.82, 2.24) is 10.2 Å². The number of methoxy groups -OCH3 is 1. The van der Waals surface area contributed by atoms with E-state index >= 15 is 0 Å². The predicted octanol–water partition coefficient (Wildman–Crippen LogP) is 3.08. The van der Waals surface area contributed by atoms with E-state index in [1.165, 1.54) is 24.9 Å². The Morgan fingerprint density at radius 1 is 1.29 bits per heavy atom. The Kier molecular flexibility index (Phi) is 6.68. The fourth-order valence-electron chi connectivity index (χ4n) is 3.24. The number of hydrogen-bond donors (Lipinski definition) is 1. The maximum atomic E-state index is 5.52. The van der Waals surface area contributed by atoms with Crippen LogP contribution in [0.4, 0.5) is 0 Å². The van der Waals surface area contributed by atoms with Crippen molar-refractivity contribution >= 4 is 0 Å². The molecule has 1 aromatic carbocycles. The third-order valence-electron chi connectivity index (χ3n) is 4.17. The standard InChI is InChI=1S/C18H30N2O/c1-15(2)12-20(13-17-10-7-11-19-17)18(14-21-3)16-8-5-4-6-9-16/h4-6,8-9,15,17-19H,7,10-14H2,1-3H3. The topological polar surface area (TPSA) is 24.5 Å². The molecule has 0 spiro atoms. The van der Waals surface area contributed by atoms with Gasteiger partial charge in [0.1, 0.15) is 0 Å². The highest BCUT2D eigenvalue weighted by Crippen LogP contribution is 2.23. The van der Waals surface area contributed by atoms with Gasteiger partial charge < -0.3 is 10.1 Å². The third-order valence-corrected chi connectivity index (χ3v) is 4.17. The monoisotopic (exact) mass is 290 g/mol. The highest BCUT2D eigenvalue weighted by atomic mass is 16.5. The predicted molar refractivity (Wildman–Crippen MR) is 88.5 cm³/mol. The molecular weight excluding hydrogens is 260 g/mol. The van der Waals surface area contributed by atoms with Gasteiger partial charge in [-0.3, -0.25) is 4.90 Å². The maximum Gasteiger partial charge on any atom is 0.0659 e. The van der Waals surface area contributed by atoms with Crippen LogP contribution in [0.25, 0.3) is 0 Å². The summed E-state index contributed by atoms with van der Waals surface area (Å²) in [6.07, 6.45) is 2.60. The van der Waals surface area contributed by atoms with E-state index in [1.807, 2.05) is 0 Å². The van der Waals surface area contributed by atoms with Gasteiger partial charge in [-0.15, -0.1) is 0 Å². The molecule has 21 heavy (non-hydrogen) atoms. The second-order valence-electron chi connectivity index (χ2n) is 6.52. The lowest BCUT2D eigenvalue weighted by atomic mass is 10.0. The van der Waals surface area contributed by atoms with Crippen LogP contribution in [0.5, 0.6) is 0 Å². The highest BCUT2D eigenvalue weighted by Gasteiger charge is 2.25. The minimum absolute atomic E-state index is 0.348. The summed E-state index contributed by atoms with van der Waals surface area (Å²) in [4.78, 5) is 2.60. The average molecular weight is 290 g/mol. The Bertz CT molecular complexity index is 387. The number of nitrogens with zero attached hydrogens (tertiary/aromatic N) is 1. The molecule has 1 fully saturated rings. The van der Waals surface area contributed by atoms with Gasteiger partial charge in [0.15, 0.2) is 0 Å². The first-order valence-electron chi connectivity index (χ1n) is 8.22. The molecule has 1 saturated heterocycles. The second-order valence-corrected chi connectivity index (χ2v) is 6.52. The Morgan fingerprint density at radius 3 is 2.62 bits per heavy atom. The summed E-state index contributed by atoms with van der Waals surface area (Å²) in [5.74, 6) is 0.662. The van der Waals surface area contributed by atoms with Crippen LogP contribution >= 0.6 is 0 Å². The third kappa shape index (κ3) is 5.10. The largest absolute Gasteiger partial charge is 0.383 e. The molecule has 1 aliphatic rings. The summed E-state index contributed by atoms with van der Waals surface area (Å²) in [7, 11) is 1.80. The van der Waals surface area contributed by atoms with Gasteiger partial charge >= 0.3 is 0 Å². The van der Waals surface area contributed by atoms with Gasteiger partial charge in [0.05, 0.1) is 12.6 Å². The molecule has 0 radical (unpaired) electrons. The lowest BCUT2D eigenvalue weighted by molar-refractivity contribution is 0.0759. The Balaban J connectivity index is 2.13. The molecule has 0 amide bonds. The van der Waals surface area contributed by atoms with Crippen molar-refractivity contribution in [1.29, 1.82) is 0 Å². The fraction of sp³-hybridized carbons (Fsp3) is 0.667. The van der Waals surface area contributed by atoms with Gasteiger partial charge in [-0.2, -0.15) is 0 Å². The molecule has 118 valence electrons. The average Bonchev–Trinajstić information content (AvgIpc) is 2.97. The molecule has 3 heteroatoms. The molecule has 2 rings (SSSR count). The Labute approximate surface area is 129 Å². The van der Waals surface area contributed by atoms with Crippen molar-refractivity contribution in [3.05, 3.63) is 35.9 Å². The van der Waals surface area contributed by atoms with Gasteiger partial charge in [0.25, 0.3) is 0 Å². The van der Waals surface area contributed by atoms with Crippen LogP contribution in [0.3, 0.4) is 0 Å². The molecule has 3 nitrogen and oxygen atoms in total. The minimum Gasteiger partial charge on any atom is -0.383 e. The van der Waals surface area contributed by atoms with Crippen LogP contribution in [0.2, 0.25) is 0 Å². The van der Waals surface area contributed by atoms with E-state index in [2.05, 4.69) is 54.4 Å². The summed E-state index contributed by atoms with van der Waals surface area (Å²) in [5.41, 5.74) is 1.36. The number of benzene rings is 1. The summed E-state index contributed by atoms with van der Waals surface area (Å²) < 4.78 is 5.52. The Hall–Kier alpha value is -0.900. The van der Waals surface area contributed by atoms with E-state index in [1.54, 1.807) is 7.11 Å². The summed E-state index contributed by atoms with van der Waals surface area (Å²) in [5, 5.41) is 3.63. The molecule has 1 heterocycles. The van der Waals surface area contributed by atoms with Crippen LogP contribution in [-0.2, 0) is 4.74 Å². The van der Waals surface area contributed by atoms with Gasteiger partial charge in [0, 0.05) is 26.2 Å². The summed E-state index contributed by atoms with van der Waals surface area (Å²) in [6, 6.07) is 11.8. The lowest BCUT2D eigenvalue weighted by Crippen LogP contribution is -2.42. The first-order valence-corrected chi connectivity index (χ1v) is 8.22. The molecule has 2 atom stereocenters. The van der Waals surface area contributed by atoms with E-state index in [9.17, 15) is 0 Å². The molecule has 2 unspecified atom stereocenters. The van der Waals surface area contributed by atoms with E-state index < -0.39 is 0 Å². The molecule has 1 N–H and O–H groups in total. The number of ether oxygens (including phenoxy) is 1. The first-order chi connectivity index (χ1) is 10.2. The van der Waals surface area contributed by atoms with Crippen LogP contribution in [0.15, 0.2) is 30.3 Å². The van der Waals surface area contributed by atoms with Crippen LogP contribution in [0, 0.1) is 5.92 Å². The normalized spacial score (nSPS) is 20.3. The van der Waals surface area contributed by atoms with Crippen LogP contribution in [-0.4, -0.2) is 44.3 Å². The van der Waals surface area contributed by atoms with E-state index in [0.29, 0.717) is 18.0 Å². The number of hydrogen-bond acceptors (Lipinski definition) is 3.